The molecule has 1 unspecified atom stereocenters. The number of halogens is 3. The summed E-state index contributed by atoms with van der Waals surface area (Å²) in [7, 11) is 0. The maximum absolute atomic E-state index is 12.0. The maximum atomic E-state index is 12.0. The van der Waals surface area contributed by atoms with Crippen LogP contribution in [0, 0.1) is 10.1 Å². The number of benzene rings is 2. The van der Waals surface area contributed by atoms with Gasteiger partial charge in [0.15, 0.2) is 6.10 Å². The van der Waals surface area contributed by atoms with E-state index in [9.17, 15) is 14.9 Å². The van der Waals surface area contributed by atoms with Crippen molar-refractivity contribution in [3.05, 3.63) is 67.1 Å². The average molecular weight is 417 g/mol. The van der Waals surface area contributed by atoms with Crippen LogP contribution in [0.5, 0.6) is 5.75 Å². The third-order valence-electron chi connectivity index (χ3n) is 3.14. The number of amides is 1. The van der Waals surface area contributed by atoms with E-state index >= 15 is 0 Å². The summed E-state index contributed by atoms with van der Waals surface area (Å²) < 4.78 is 5.45. The predicted molar refractivity (Wildman–Crippen MR) is 100 cm³/mol. The number of rotatable bonds is 6. The van der Waals surface area contributed by atoms with Gasteiger partial charge in [-0.1, -0.05) is 34.8 Å². The van der Waals surface area contributed by atoms with Gasteiger partial charge < -0.3 is 4.74 Å². The lowest BCUT2D eigenvalue weighted by molar-refractivity contribution is -0.384. The molecule has 10 heteroatoms. The van der Waals surface area contributed by atoms with E-state index in [1.807, 2.05) is 0 Å². The molecule has 7 nitrogen and oxygen atoms in total. The van der Waals surface area contributed by atoms with Gasteiger partial charge >= 0.3 is 0 Å². The third-order valence-corrected chi connectivity index (χ3v) is 4.01. The zero-order chi connectivity index (χ0) is 19.3. The highest BCUT2D eigenvalue weighted by Gasteiger charge is 2.16. The first kappa shape index (κ1) is 20.0. The van der Waals surface area contributed by atoms with Gasteiger partial charge in [-0.25, -0.2) is 5.43 Å². The molecule has 0 heterocycles. The predicted octanol–water partition coefficient (Wildman–Crippen LogP) is 4.47. The number of non-ortho nitro benzene ring substituents is 1. The lowest BCUT2D eigenvalue weighted by Crippen LogP contribution is -2.33. The molecule has 0 bridgehead atoms. The monoisotopic (exact) mass is 415 g/mol. The van der Waals surface area contributed by atoms with Crippen LogP contribution in [-0.4, -0.2) is 23.1 Å². The quantitative estimate of drug-likeness (QED) is 0.427. The number of hydrogen-bond acceptors (Lipinski definition) is 5. The van der Waals surface area contributed by atoms with Gasteiger partial charge in [0.1, 0.15) is 5.75 Å². The molecule has 0 saturated carbocycles. The molecule has 1 amide bonds. The summed E-state index contributed by atoms with van der Waals surface area (Å²) in [5, 5.41) is 15.5. The smallest absolute Gasteiger partial charge is 0.280 e. The molecule has 0 aromatic heterocycles. The number of nitrogens with one attached hydrogen (secondary N) is 1. The molecule has 0 radical (unpaired) electrons. The van der Waals surface area contributed by atoms with Crippen LogP contribution in [0.3, 0.4) is 0 Å². The van der Waals surface area contributed by atoms with Crippen LogP contribution in [0.25, 0.3) is 0 Å². The van der Waals surface area contributed by atoms with Crippen molar-refractivity contribution in [1.82, 2.24) is 5.43 Å². The molecular formula is C16H12Cl3N3O4. The van der Waals surface area contributed by atoms with Gasteiger partial charge in [-0.15, -0.1) is 0 Å². The summed E-state index contributed by atoms with van der Waals surface area (Å²) in [6, 6.07) is 8.49. The number of nitro groups is 1. The molecule has 26 heavy (non-hydrogen) atoms. The van der Waals surface area contributed by atoms with Gasteiger partial charge in [-0.3, -0.25) is 14.9 Å². The summed E-state index contributed by atoms with van der Waals surface area (Å²) in [5.41, 5.74) is 2.41. The zero-order valence-electron chi connectivity index (χ0n) is 13.3. The molecular weight excluding hydrogens is 405 g/mol. The molecule has 1 atom stereocenters. The minimum absolute atomic E-state index is 0.142. The third kappa shape index (κ3) is 5.32. The molecule has 0 saturated heterocycles. The van der Waals surface area contributed by atoms with Crippen LogP contribution in [0.2, 0.25) is 15.1 Å². The van der Waals surface area contributed by atoms with E-state index in [4.69, 9.17) is 39.5 Å². The molecule has 0 aliphatic heterocycles. The second kappa shape index (κ2) is 8.84. The van der Waals surface area contributed by atoms with E-state index in [1.54, 1.807) is 12.1 Å². The lowest BCUT2D eigenvalue weighted by atomic mass is 10.2. The van der Waals surface area contributed by atoms with Gasteiger partial charge in [0.25, 0.3) is 11.6 Å². The molecule has 0 spiro atoms. The van der Waals surface area contributed by atoms with Crippen molar-refractivity contribution in [1.29, 1.82) is 0 Å². The summed E-state index contributed by atoms with van der Waals surface area (Å²) in [6.07, 6.45) is 0.307. The van der Waals surface area contributed by atoms with Crippen LogP contribution in [-0.2, 0) is 4.79 Å². The van der Waals surface area contributed by atoms with Crippen LogP contribution < -0.4 is 10.2 Å². The van der Waals surface area contributed by atoms with Crippen molar-refractivity contribution < 1.29 is 14.5 Å². The number of carbonyl (C=O) groups is 1. The van der Waals surface area contributed by atoms with E-state index in [2.05, 4.69) is 10.5 Å². The van der Waals surface area contributed by atoms with Crippen molar-refractivity contribution in [3.63, 3.8) is 0 Å². The van der Waals surface area contributed by atoms with Crippen molar-refractivity contribution in [2.24, 2.45) is 5.10 Å². The second-order valence-corrected chi connectivity index (χ2v) is 6.28. The summed E-state index contributed by atoms with van der Waals surface area (Å²) in [5.74, 6) is -0.252. The zero-order valence-corrected chi connectivity index (χ0v) is 15.5. The number of nitrogens with zero attached hydrogens (tertiary/aromatic N) is 2. The molecule has 0 aliphatic rings. The fourth-order valence-corrected chi connectivity index (χ4v) is 2.43. The van der Waals surface area contributed by atoms with E-state index in [-0.39, 0.29) is 21.3 Å². The Morgan fingerprint density at radius 3 is 2.62 bits per heavy atom. The Morgan fingerprint density at radius 2 is 1.96 bits per heavy atom. The van der Waals surface area contributed by atoms with Crippen LogP contribution in [0.4, 0.5) is 5.69 Å². The van der Waals surface area contributed by atoms with Gasteiger partial charge in [-0.2, -0.15) is 5.10 Å². The SMILES string of the molecule is CC(Oc1ccc(Cl)cc1Cl)C(=O)N/N=C/c1cc([N+](=O)[O-])ccc1Cl. The highest BCUT2D eigenvalue weighted by atomic mass is 35.5. The Bertz CT molecular complexity index is 874. The number of hydrogen-bond donors (Lipinski definition) is 1. The van der Waals surface area contributed by atoms with Crippen LogP contribution >= 0.6 is 34.8 Å². The number of carbonyl (C=O) groups excluding carboxylic acids is 1. The van der Waals surface area contributed by atoms with Crippen molar-refractivity contribution in [2.75, 3.05) is 0 Å². The highest BCUT2D eigenvalue weighted by Crippen LogP contribution is 2.28. The van der Waals surface area contributed by atoms with Gasteiger partial charge in [0.05, 0.1) is 16.2 Å². The molecule has 2 rings (SSSR count). The van der Waals surface area contributed by atoms with Gasteiger partial charge in [-0.05, 0) is 31.2 Å². The Morgan fingerprint density at radius 1 is 1.23 bits per heavy atom. The summed E-state index contributed by atoms with van der Waals surface area (Å²) in [6.45, 7) is 1.51. The number of ether oxygens (including phenoxy) is 1. The number of nitro benzene ring substituents is 1. The highest BCUT2D eigenvalue weighted by molar-refractivity contribution is 6.35. The molecule has 2 aromatic carbocycles. The first-order valence-corrected chi connectivity index (χ1v) is 8.30. The van der Waals surface area contributed by atoms with Crippen molar-refractivity contribution >= 4 is 52.6 Å². The van der Waals surface area contributed by atoms with Crippen LogP contribution in [0.1, 0.15) is 12.5 Å². The minimum atomic E-state index is -0.897. The second-order valence-electron chi connectivity index (χ2n) is 5.03. The maximum Gasteiger partial charge on any atom is 0.280 e. The first-order valence-electron chi connectivity index (χ1n) is 7.16. The fraction of sp³-hybridized carbons (Fsp3) is 0.125. The summed E-state index contributed by atoms with van der Waals surface area (Å²) in [4.78, 5) is 22.2. The molecule has 2 aromatic rings. The van der Waals surface area contributed by atoms with E-state index < -0.39 is 16.9 Å². The molecule has 1 N–H and O–H groups in total. The number of hydrazone groups is 1. The summed E-state index contributed by atoms with van der Waals surface area (Å²) >= 11 is 17.7. The van der Waals surface area contributed by atoms with Crippen molar-refractivity contribution in [3.8, 4) is 5.75 Å². The lowest BCUT2D eigenvalue weighted by Gasteiger charge is -2.14. The largest absolute Gasteiger partial charge is 0.479 e. The fourth-order valence-electron chi connectivity index (χ4n) is 1.81. The average Bonchev–Trinajstić information content (AvgIpc) is 2.58. The Labute approximate surface area is 163 Å². The first-order chi connectivity index (χ1) is 12.3. The van der Waals surface area contributed by atoms with Gasteiger partial charge in [0, 0.05) is 27.7 Å². The molecule has 0 fully saturated rings. The van der Waals surface area contributed by atoms with E-state index in [0.717, 1.165) is 0 Å². The van der Waals surface area contributed by atoms with Crippen LogP contribution in [0.15, 0.2) is 41.5 Å². The Hall–Kier alpha value is -2.35. The standard InChI is InChI=1S/C16H12Cl3N3O4/c1-9(26-15-5-2-11(17)7-14(15)19)16(23)21-20-8-10-6-12(22(24)25)3-4-13(10)18/h2-9H,1H3,(H,21,23)/b20-8+. The van der Waals surface area contributed by atoms with E-state index in [0.29, 0.717) is 10.8 Å². The topological polar surface area (TPSA) is 93.8 Å². The minimum Gasteiger partial charge on any atom is -0.479 e. The molecule has 0 aliphatic carbocycles. The Kier molecular flexibility index (Phi) is 6.79. The Balaban J connectivity index is 2.00. The van der Waals surface area contributed by atoms with E-state index in [1.165, 1.54) is 37.4 Å². The van der Waals surface area contributed by atoms with Gasteiger partial charge in [0.2, 0.25) is 0 Å². The molecule has 136 valence electrons. The van der Waals surface area contributed by atoms with Crippen molar-refractivity contribution in [2.45, 2.75) is 13.0 Å². The normalized spacial score (nSPS) is 12.0.